The zero-order valence-corrected chi connectivity index (χ0v) is 19.0. The summed E-state index contributed by atoms with van der Waals surface area (Å²) >= 11 is 0. The molecule has 172 valence electrons. The van der Waals surface area contributed by atoms with Crippen molar-refractivity contribution in [2.24, 2.45) is 0 Å². The fraction of sp³-hybridized carbons (Fsp3) is 0.542. The van der Waals surface area contributed by atoms with Crippen LogP contribution in [-0.4, -0.2) is 82.8 Å². The van der Waals surface area contributed by atoms with Gasteiger partial charge in [0.05, 0.1) is 6.54 Å². The van der Waals surface area contributed by atoms with E-state index in [0.29, 0.717) is 25.3 Å². The second-order valence-electron chi connectivity index (χ2n) is 9.08. The van der Waals surface area contributed by atoms with E-state index in [2.05, 4.69) is 27.0 Å². The highest BCUT2D eigenvalue weighted by atomic mass is 16.5. The molecule has 4 rings (SSSR count). The molecule has 0 aliphatic carbocycles. The average Bonchev–Trinajstić information content (AvgIpc) is 3.43. The number of carbonyl (C=O) groups excluding carboxylic acids is 1. The lowest BCUT2D eigenvalue weighted by Crippen LogP contribution is -2.47. The number of likely N-dealkylation sites (tertiary alicyclic amines) is 1. The number of benzene rings is 1. The number of rotatable bonds is 8. The summed E-state index contributed by atoms with van der Waals surface area (Å²) in [7, 11) is 1.71. The molecule has 1 amide bonds. The maximum atomic E-state index is 12.6. The van der Waals surface area contributed by atoms with Gasteiger partial charge in [0.25, 0.3) is 5.91 Å². The van der Waals surface area contributed by atoms with Crippen LogP contribution in [-0.2, 0) is 11.3 Å². The maximum absolute atomic E-state index is 12.6. The van der Waals surface area contributed by atoms with E-state index in [0.717, 1.165) is 18.1 Å². The van der Waals surface area contributed by atoms with Crippen LogP contribution in [0.2, 0.25) is 0 Å². The minimum atomic E-state index is -0.972. The second kappa shape index (κ2) is 9.83. The Labute approximate surface area is 189 Å². The van der Waals surface area contributed by atoms with Crippen LogP contribution in [0.5, 0.6) is 5.75 Å². The second-order valence-corrected chi connectivity index (χ2v) is 9.08. The predicted octanol–water partition coefficient (Wildman–Crippen LogP) is 1.86. The number of aliphatic hydroxyl groups is 1. The Morgan fingerprint density at radius 1 is 1.19 bits per heavy atom. The zero-order valence-electron chi connectivity index (χ0n) is 19.0. The molecule has 1 N–H and O–H groups in total. The van der Waals surface area contributed by atoms with E-state index in [1.807, 2.05) is 30.0 Å². The molecule has 0 bridgehead atoms. The molecule has 1 atom stereocenters. The molecule has 3 heterocycles. The minimum Gasteiger partial charge on any atom is -0.484 e. The number of hydrogen-bond acceptors (Lipinski definition) is 7. The number of carbonyl (C=O) groups is 1. The third kappa shape index (κ3) is 5.75. The van der Waals surface area contributed by atoms with Crippen LogP contribution in [0.3, 0.4) is 0 Å². The molecule has 1 aromatic heterocycles. The molecule has 8 nitrogen and oxygen atoms in total. The van der Waals surface area contributed by atoms with E-state index < -0.39 is 5.60 Å². The van der Waals surface area contributed by atoms with Gasteiger partial charge in [-0.2, -0.15) is 0 Å². The van der Waals surface area contributed by atoms with Crippen molar-refractivity contribution in [3.8, 4) is 5.75 Å². The Hall–Kier alpha value is -2.71. The van der Waals surface area contributed by atoms with Crippen LogP contribution >= 0.6 is 0 Å². The smallest absolute Gasteiger partial charge is 0.260 e. The molecule has 1 aromatic carbocycles. The third-order valence-electron chi connectivity index (χ3n) is 6.29. The number of likely N-dealkylation sites (N-methyl/N-ethyl adjacent to an activating group) is 1. The Bertz CT molecular complexity index is 916. The van der Waals surface area contributed by atoms with Gasteiger partial charge in [-0.1, -0.05) is 12.1 Å². The molecule has 0 spiro atoms. The summed E-state index contributed by atoms with van der Waals surface area (Å²) in [6, 6.07) is 9.87. The quantitative estimate of drug-likeness (QED) is 0.672. The molecule has 2 saturated heterocycles. The molecule has 2 fully saturated rings. The Balaban J connectivity index is 1.24. The van der Waals surface area contributed by atoms with E-state index in [1.54, 1.807) is 11.9 Å². The van der Waals surface area contributed by atoms with Gasteiger partial charge in [0, 0.05) is 38.4 Å². The first-order valence-electron chi connectivity index (χ1n) is 11.3. The first kappa shape index (κ1) is 22.5. The van der Waals surface area contributed by atoms with Gasteiger partial charge >= 0.3 is 0 Å². The molecule has 2 aromatic rings. The molecule has 0 radical (unpaired) electrons. The highest BCUT2D eigenvalue weighted by Gasteiger charge is 2.38. The van der Waals surface area contributed by atoms with Gasteiger partial charge in [-0.3, -0.25) is 9.69 Å². The van der Waals surface area contributed by atoms with Crippen molar-refractivity contribution in [1.82, 2.24) is 19.8 Å². The summed E-state index contributed by atoms with van der Waals surface area (Å²) in [5.74, 6) is 1.33. The van der Waals surface area contributed by atoms with Crippen LogP contribution in [0.4, 0.5) is 5.82 Å². The molecule has 32 heavy (non-hydrogen) atoms. The number of aryl methyl sites for hydroxylation is 1. The lowest BCUT2D eigenvalue weighted by molar-refractivity contribution is -0.134. The summed E-state index contributed by atoms with van der Waals surface area (Å²) in [6.07, 6.45) is 4.68. The van der Waals surface area contributed by atoms with Crippen LogP contribution < -0.4 is 9.64 Å². The van der Waals surface area contributed by atoms with Crippen LogP contribution in [0.1, 0.15) is 30.5 Å². The minimum absolute atomic E-state index is 0.0487. The maximum Gasteiger partial charge on any atom is 0.260 e. The molecule has 1 unspecified atom stereocenters. The van der Waals surface area contributed by atoms with Crippen molar-refractivity contribution in [3.63, 3.8) is 0 Å². The molecule has 2 aliphatic rings. The SMILES string of the molecule is Cc1cc(N2CCC(O)(CN(C)C(=O)COc3ccc(CN4CCCC4)cc3)C2)ncn1. The third-order valence-corrected chi connectivity index (χ3v) is 6.29. The summed E-state index contributed by atoms with van der Waals surface area (Å²) in [5.41, 5.74) is 1.18. The predicted molar refractivity (Wildman–Crippen MR) is 123 cm³/mol. The van der Waals surface area contributed by atoms with Gasteiger partial charge < -0.3 is 19.6 Å². The Morgan fingerprint density at radius 3 is 2.66 bits per heavy atom. The summed E-state index contributed by atoms with van der Waals surface area (Å²) in [5, 5.41) is 11.0. The molecule has 2 aliphatic heterocycles. The van der Waals surface area contributed by atoms with E-state index >= 15 is 0 Å². The van der Waals surface area contributed by atoms with Gasteiger partial charge in [0.2, 0.25) is 0 Å². The van der Waals surface area contributed by atoms with Crippen molar-refractivity contribution in [2.45, 2.75) is 38.3 Å². The molecule has 8 heteroatoms. The molecular formula is C24H33N5O3. The number of ether oxygens (including phenoxy) is 1. The van der Waals surface area contributed by atoms with E-state index in [9.17, 15) is 9.90 Å². The highest BCUT2D eigenvalue weighted by molar-refractivity contribution is 5.77. The van der Waals surface area contributed by atoms with E-state index in [4.69, 9.17) is 4.74 Å². The zero-order chi connectivity index (χ0) is 22.6. The fourth-order valence-corrected chi connectivity index (χ4v) is 4.47. The first-order valence-corrected chi connectivity index (χ1v) is 11.3. The van der Waals surface area contributed by atoms with Crippen molar-refractivity contribution < 1.29 is 14.6 Å². The van der Waals surface area contributed by atoms with Crippen molar-refractivity contribution in [2.75, 3.05) is 51.3 Å². The summed E-state index contributed by atoms with van der Waals surface area (Å²) < 4.78 is 5.70. The summed E-state index contributed by atoms with van der Waals surface area (Å²) in [6.45, 7) is 6.55. The van der Waals surface area contributed by atoms with Crippen LogP contribution in [0.25, 0.3) is 0 Å². The number of hydrogen-bond donors (Lipinski definition) is 1. The van der Waals surface area contributed by atoms with Gasteiger partial charge in [-0.25, -0.2) is 9.97 Å². The van der Waals surface area contributed by atoms with Crippen molar-refractivity contribution >= 4 is 11.7 Å². The van der Waals surface area contributed by atoms with Crippen molar-refractivity contribution in [3.05, 3.63) is 47.9 Å². The number of anilines is 1. The number of β-amino-alcohol motifs (C(OH)–C–C–N with tert-alkyl or cyclic N) is 1. The van der Waals surface area contributed by atoms with Gasteiger partial charge in [-0.05, 0) is 57.0 Å². The van der Waals surface area contributed by atoms with Crippen molar-refractivity contribution in [1.29, 1.82) is 0 Å². The van der Waals surface area contributed by atoms with Crippen LogP contribution in [0, 0.1) is 6.92 Å². The van der Waals surface area contributed by atoms with E-state index in [-0.39, 0.29) is 19.1 Å². The molecular weight excluding hydrogens is 406 g/mol. The van der Waals surface area contributed by atoms with Gasteiger partial charge in [-0.15, -0.1) is 0 Å². The van der Waals surface area contributed by atoms with Crippen LogP contribution in [0.15, 0.2) is 36.7 Å². The number of amides is 1. The molecule has 0 saturated carbocycles. The lowest BCUT2D eigenvalue weighted by Gasteiger charge is -2.29. The highest BCUT2D eigenvalue weighted by Crippen LogP contribution is 2.26. The average molecular weight is 440 g/mol. The van der Waals surface area contributed by atoms with Gasteiger partial charge in [0.1, 0.15) is 23.5 Å². The largest absolute Gasteiger partial charge is 0.484 e. The number of aromatic nitrogens is 2. The fourth-order valence-electron chi connectivity index (χ4n) is 4.47. The first-order chi connectivity index (χ1) is 15.4. The van der Waals surface area contributed by atoms with E-state index in [1.165, 1.54) is 37.8 Å². The standard InChI is InChI=1S/C24H33N5O3/c1-19-13-22(26-18-25-19)29-12-9-24(31,17-29)16-27(2)23(30)15-32-21-7-5-20(6-8-21)14-28-10-3-4-11-28/h5-8,13,18,31H,3-4,9-12,14-17H2,1-2H3. The lowest BCUT2D eigenvalue weighted by atomic mass is 10.0. The summed E-state index contributed by atoms with van der Waals surface area (Å²) in [4.78, 5) is 27.1. The Morgan fingerprint density at radius 2 is 1.94 bits per heavy atom. The van der Waals surface area contributed by atoms with Gasteiger partial charge in [0.15, 0.2) is 6.61 Å². The monoisotopic (exact) mass is 439 g/mol. The number of nitrogens with zero attached hydrogens (tertiary/aromatic N) is 5. The normalized spacial score (nSPS) is 21.2. The Kier molecular flexibility index (Phi) is 6.91. The topological polar surface area (TPSA) is 82.0 Å².